The third kappa shape index (κ3) is 19.7. The molecular weight excluding hydrogens is 1530 g/mol. The van der Waals surface area contributed by atoms with Crippen molar-refractivity contribution < 1.29 is 19.1 Å². The first-order valence-corrected chi connectivity index (χ1v) is 43.4. The number of fused-ring (bicyclic) bond motifs is 6. The summed E-state index contributed by atoms with van der Waals surface area (Å²) in [7, 11) is 0. The molecule has 0 spiro atoms. The Balaban J connectivity index is 0.000000127. The van der Waals surface area contributed by atoms with E-state index < -0.39 is 11.2 Å². The number of nitrogens with zero attached hydrogens (tertiary/aromatic N) is 11. The van der Waals surface area contributed by atoms with Crippen LogP contribution in [0, 0.1) is 38.5 Å². The van der Waals surface area contributed by atoms with Crippen LogP contribution in [-0.4, -0.2) is 104 Å². The monoisotopic (exact) mass is 1630 g/mol. The second-order valence-corrected chi connectivity index (χ2v) is 36.0. The highest BCUT2D eigenvalue weighted by atomic mass is 35.5. The number of thiophene rings is 3. The number of aryl methyl sites for hydroxylation is 3. The zero-order valence-corrected chi connectivity index (χ0v) is 70.9. The van der Waals surface area contributed by atoms with Crippen LogP contribution in [0.2, 0.25) is 5.02 Å². The van der Waals surface area contributed by atoms with Gasteiger partial charge in [-0.2, -0.15) is 0 Å². The molecule has 4 N–H and O–H groups in total. The van der Waals surface area contributed by atoms with Crippen molar-refractivity contribution in [2.24, 2.45) is 23.5 Å². The summed E-state index contributed by atoms with van der Waals surface area (Å²) >= 11 is 11.6. The van der Waals surface area contributed by atoms with Gasteiger partial charge in [-0.15, -0.1) is 34.0 Å². The van der Waals surface area contributed by atoms with Gasteiger partial charge in [0.05, 0.1) is 45.2 Å². The van der Waals surface area contributed by atoms with Crippen molar-refractivity contribution in [3.8, 4) is 33.4 Å². The molecule has 2 aliphatic heterocycles. The van der Waals surface area contributed by atoms with Gasteiger partial charge in [0.25, 0.3) is 0 Å². The Kier molecular flexibility index (Phi) is 25.2. The van der Waals surface area contributed by atoms with Gasteiger partial charge in [0.2, 0.25) is 0 Å². The molecule has 0 radical (unpaired) electrons. The van der Waals surface area contributed by atoms with Crippen LogP contribution in [0.3, 0.4) is 0 Å². The highest BCUT2D eigenvalue weighted by Gasteiger charge is 2.34. The number of piperidine rings is 2. The molecule has 0 bridgehead atoms. The van der Waals surface area contributed by atoms with Crippen LogP contribution in [0.25, 0.3) is 96.7 Å². The summed E-state index contributed by atoms with van der Waals surface area (Å²) in [5.41, 5.74) is 26.7. The smallest absolute Gasteiger partial charge is 0.410 e. The Morgan fingerprint density at radius 3 is 1.18 bits per heavy atom. The van der Waals surface area contributed by atoms with Gasteiger partial charge in [-0.1, -0.05) is 67.3 Å². The van der Waals surface area contributed by atoms with Crippen LogP contribution >= 0.6 is 45.6 Å². The fourth-order valence-corrected chi connectivity index (χ4v) is 19.2. The van der Waals surface area contributed by atoms with Crippen molar-refractivity contribution in [3.05, 3.63) is 256 Å². The van der Waals surface area contributed by atoms with Gasteiger partial charge >= 0.3 is 12.2 Å². The number of ether oxygens (including phenoxy) is 2. The number of hydrogen-bond donors (Lipinski definition) is 3. The van der Waals surface area contributed by atoms with Crippen LogP contribution in [-0.2, 0) is 9.47 Å². The van der Waals surface area contributed by atoms with E-state index in [1.54, 1.807) is 88.5 Å². The maximum absolute atomic E-state index is 12.7. The second-order valence-electron chi connectivity index (χ2n) is 32.8. The lowest BCUT2D eigenvalue weighted by Crippen LogP contribution is -2.43. The summed E-state index contributed by atoms with van der Waals surface area (Å²) in [4.78, 5) is 68.9. The van der Waals surface area contributed by atoms with Crippen molar-refractivity contribution in [2.75, 3.05) is 36.8 Å². The molecule has 2 amide bonds. The Labute approximate surface area is 700 Å². The Hall–Kier alpha value is -10.9. The predicted molar refractivity (Wildman–Crippen MR) is 480 cm³/mol. The molecule has 117 heavy (non-hydrogen) atoms. The molecule has 3 aliphatic rings. The number of hydrogen-bond acceptors (Lipinski definition) is 19. The summed E-state index contributed by atoms with van der Waals surface area (Å²) in [6.45, 7) is 20.6. The molecule has 1 aliphatic carbocycles. The van der Waals surface area contributed by atoms with Crippen molar-refractivity contribution in [1.29, 1.82) is 0 Å². The number of aromatic nitrogens is 9. The number of carbonyl (C=O) groups excluding carboxylic acids is 2. The number of amides is 2. The summed E-state index contributed by atoms with van der Waals surface area (Å²) in [5.74, 6) is 1.29. The van der Waals surface area contributed by atoms with Crippen molar-refractivity contribution in [2.45, 2.75) is 149 Å². The lowest BCUT2D eigenvalue weighted by molar-refractivity contribution is 0.0165. The second kappa shape index (κ2) is 36.3. The van der Waals surface area contributed by atoms with Crippen LogP contribution in [0.4, 0.5) is 21.0 Å². The normalized spacial score (nSPS) is 15.2. The molecular formula is C95H99ClN14O4S3. The summed E-state index contributed by atoms with van der Waals surface area (Å²) in [5, 5.41) is 18.9. The number of carbonyl (C=O) groups is 2. The first-order valence-electron chi connectivity index (χ1n) is 40.4. The lowest BCUT2D eigenvalue weighted by atomic mass is 9.81. The molecule has 3 unspecified atom stereocenters. The number of halogens is 1. The molecule has 3 atom stereocenters. The van der Waals surface area contributed by atoms with Crippen molar-refractivity contribution in [3.63, 3.8) is 0 Å². The van der Waals surface area contributed by atoms with E-state index in [1.807, 2.05) is 108 Å². The summed E-state index contributed by atoms with van der Waals surface area (Å²) in [6, 6.07) is 44.9. The van der Waals surface area contributed by atoms with Crippen LogP contribution in [0.5, 0.6) is 0 Å². The number of benzene rings is 6. The van der Waals surface area contributed by atoms with Crippen molar-refractivity contribution >= 4 is 133 Å². The minimum Gasteiger partial charge on any atom is -0.444 e. The number of pyridine rings is 3. The van der Waals surface area contributed by atoms with E-state index in [9.17, 15) is 9.59 Å². The number of nitrogens with one attached hydrogen (secondary N) is 2. The lowest BCUT2D eigenvalue weighted by Gasteiger charge is -2.37. The molecule has 9 aromatic heterocycles. The topological polar surface area (TPSA) is 225 Å². The Bertz CT molecular complexity index is 5950. The number of likely N-dealkylation sites (tertiary alicyclic amines) is 2. The molecule has 3 fully saturated rings. The number of anilines is 2. The van der Waals surface area contributed by atoms with Crippen LogP contribution in [0.1, 0.15) is 151 Å². The van der Waals surface area contributed by atoms with Gasteiger partial charge in [-0.3, -0.25) is 44.9 Å². The van der Waals surface area contributed by atoms with Crippen LogP contribution in [0.15, 0.2) is 218 Å². The van der Waals surface area contributed by atoms with E-state index in [0.717, 1.165) is 109 Å². The van der Waals surface area contributed by atoms with Crippen molar-refractivity contribution in [1.82, 2.24) is 54.7 Å². The molecule has 22 heteroatoms. The summed E-state index contributed by atoms with van der Waals surface area (Å²) in [6.07, 6.45) is 31.2. The number of nitrogens with two attached hydrogens (primary N) is 1. The molecule has 11 heterocycles. The van der Waals surface area contributed by atoms with Gasteiger partial charge in [0, 0.05) is 154 Å². The van der Waals surface area contributed by atoms with Gasteiger partial charge < -0.3 is 35.6 Å². The first kappa shape index (κ1) is 81.2. The van der Waals surface area contributed by atoms with E-state index in [-0.39, 0.29) is 30.3 Å². The maximum Gasteiger partial charge on any atom is 0.410 e. The fourth-order valence-electron chi connectivity index (χ4n) is 16.2. The maximum atomic E-state index is 12.7. The predicted octanol–water partition coefficient (Wildman–Crippen LogP) is 24.2. The summed E-state index contributed by atoms with van der Waals surface area (Å²) < 4.78 is 14.9. The highest BCUT2D eigenvalue weighted by molar-refractivity contribution is 7.18. The molecule has 18 nitrogen and oxygen atoms in total. The zero-order valence-electron chi connectivity index (χ0n) is 67.7. The molecule has 1 saturated carbocycles. The SMILES string of the molecule is CC(C)(C)OC(=O)N1CCC(C(N)c2cccnc2)CC1.Cc1csc2ccc(-c3cc(Cl)cc4nccnc34)cc12.Cc1csc2ccc(-c3cc(NC(c4cccnc4)C4CCCCC4)cc4nccnc34)cc12.Cc1csc2ccc(-c3cc(NC(c4cccnc4)C4CCN(C(=O)OC(C)(C)C)CC4)cc4nccnc34)cc12. The van der Waals surface area contributed by atoms with E-state index >= 15 is 0 Å². The van der Waals surface area contributed by atoms with E-state index in [4.69, 9.17) is 36.8 Å². The van der Waals surface area contributed by atoms with Gasteiger partial charge in [-0.25, -0.2) is 9.59 Å². The van der Waals surface area contributed by atoms with Crippen LogP contribution < -0.4 is 16.4 Å². The third-order valence-electron chi connectivity index (χ3n) is 22.2. The minimum atomic E-state index is -0.503. The third-order valence-corrected chi connectivity index (χ3v) is 25.7. The average molecular weight is 1630 g/mol. The molecule has 2 saturated heterocycles. The zero-order chi connectivity index (χ0) is 81.3. The largest absolute Gasteiger partial charge is 0.444 e. The standard InChI is InChI=1S/C33H35N5O2S.C29H28N4S.C17H11ClN2S.C16H25N3O2/c1-21-20-41-29-8-7-23(16-26(21)29)27-17-25(18-28-31(27)36-13-12-35-28)37-30(24-6-5-11-34-19-24)22-9-14-38(15-10-22)32(39)40-33(2,3)4;1-19-18-34-27-10-9-21(14-24(19)27)25-15-23(16-26-29(25)32-13-12-31-26)33-28(20-6-3-2-4-7-20)22-8-5-11-30-17-22;1-10-9-21-16-3-2-11(6-13(10)16)14-7-12(18)8-15-17(14)20-5-4-19-15;1-16(2,3)21-15(20)19-9-6-12(7-10-19)14(17)13-5-4-8-18-11-13/h5-8,11-13,16-20,22,30,37H,9-10,14-15H2,1-4H3;5,8-18,20,28,33H,2-4,6-7H2,1H3;2-9H,1H3;4-5,8,11-12,14H,6-7,9-10,17H2,1-3H3. The average Bonchev–Trinajstić information content (AvgIpc) is 0.924. The Morgan fingerprint density at radius 2 is 0.795 bits per heavy atom. The van der Waals surface area contributed by atoms with E-state index in [2.05, 4.69) is 173 Å². The highest BCUT2D eigenvalue weighted by Crippen LogP contribution is 2.43. The molecule has 6 aromatic carbocycles. The first-order chi connectivity index (χ1) is 56.6. The Morgan fingerprint density at radius 1 is 0.436 bits per heavy atom. The fraction of sp³-hybridized carbons (Fsp3) is 0.316. The van der Waals surface area contributed by atoms with Gasteiger partial charge in [-0.05, 0) is 292 Å². The molecule has 18 rings (SSSR count). The van der Waals surface area contributed by atoms with Gasteiger partial charge in [0.15, 0.2) is 0 Å². The van der Waals surface area contributed by atoms with E-state index in [0.29, 0.717) is 49.0 Å². The van der Waals surface area contributed by atoms with Gasteiger partial charge in [0.1, 0.15) is 11.2 Å². The van der Waals surface area contributed by atoms with E-state index in [1.165, 1.54) is 90.2 Å². The molecule has 15 aromatic rings. The number of rotatable bonds is 13. The minimum absolute atomic E-state index is 0.0144. The quantitative estimate of drug-likeness (QED) is 0.0975. The molecule has 598 valence electrons.